The molecule has 1 unspecified atom stereocenters. The summed E-state index contributed by atoms with van der Waals surface area (Å²) < 4.78 is 55.6. The molecular weight excluding hydrogens is 268 g/mol. The van der Waals surface area contributed by atoms with Gasteiger partial charge in [-0.05, 0) is 12.5 Å². The number of aliphatic hydroxyl groups excluding tert-OH is 1. The molecule has 106 valence electrons. The van der Waals surface area contributed by atoms with Gasteiger partial charge in [0, 0.05) is 5.56 Å². The van der Waals surface area contributed by atoms with E-state index < -0.39 is 24.4 Å². The van der Waals surface area contributed by atoms with E-state index in [0.717, 1.165) is 24.3 Å². The number of carbonyl (C=O) groups is 1. The summed E-state index contributed by atoms with van der Waals surface area (Å²) in [5.74, 6) is -6.00. The van der Waals surface area contributed by atoms with Crippen LogP contribution in [-0.2, 0) is 9.53 Å². The van der Waals surface area contributed by atoms with E-state index in [9.17, 15) is 27.5 Å². The van der Waals surface area contributed by atoms with Crippen molar-refractivity contribution in [2.45, 2.75) is 25.4 Å². The number of rotatable bonds is 5. The molecule has 1 aromatic rings. The van der Waals surface area contributed by atoms with Crippen LogP contribution >= 0.6 is 0 Å². The first-order valence-corrected chi connectivity index (χ1v) is 5.41. The van der Waals surface area contributed by atoms with E-state index in [1.807, 2.05) is 0 Å². The summed E-state index contributed by atoms with van der Waals surface area (Å²) in [6.07, 6.45) is -5.19. The average Bonchev–Trinajstić information content (AvgIpc) is 2.38. The van der Waals surface area contributed by atoms with Crippen LogP contribution in [0.4, 0.5) is 17.6 Å². The third kappa shape index (κ3) is 3.44. The van der Waals surface area contributed by atoms with Crippen LogP contribution in [0.1, 0.15) is 30.6 Å². The van der Waals surface area contributed by atoms with Crippen molar-refractivity contribution in [2.75, 3.05) is 6.61 Å². The monoisotopic (exact) mass is 280 g/mol. The molecule has 1 aromatic carbocycles. The second kappa shape index (κ2) is 6.01. The summed E-state index contributed by atoms with van der Waals surface area (Å²) in [6.45, 7) is 1.09. The van der Waals surface area contributed by atoms with Gasteiger partial charge >= 0.3 is 11.9 Å². The Morgan fingerprint density at radius 2 is 1.74 bits per heavy atom. The number of halogens is 4. The highest BCUT2D eigenvalue weighted by molar-refractivity contribution is 5.78. The van der Waals surface area contributed by atoms with Gasteiger partial charge in [0.2, 0.25) is 0 Å². The fourth-order valence-electron chi connectivity index (χ4n) is 1.37. The maximum atomic E-state index is 13.5. The second-order valence-corrected chi connectivity index (χ2v) is 3.71. The van der Waals surface area contributed by atoms with Crippen molar-refractivity contribution in [1.82, 2.24) is 0 Å². The molecule has 0 heterocycles. The number of hydrogen-bond donors (Lipinski definition) is 1. The van der Waals surface area contributed by atoms with Crippen LogP contribution in [0.3, 0.4) is 0 Å². The summed E-state index contributed by atoms with van der Waals surface area (Å²) in [4.78, 5) is 11.0. The molecule has 0 amide bonds. The molecule has 0 saturated carbocycles. The third-order valence-electron chi connectivity index (χ3n) is 2.40. The van der Waals surface area contributed by atoms with Crippen LogP contribution in [0.5, 0.6) is 0 Å². The van der Waals surface area contributed by atoms with Crippen molar-refractivity contribution >= 4 is 5.97 Å². The van der Waals surface area contributed by atoms with Gasteiger partial charge in [-0.2, -0.15) is 8.78 Å². The van der Waals surface area contributed by atoms with Crippen LogP contribution < -0.4 is 0 Å². The third-order valence-corrected chi connectivity index (χ3v) is 2.40. The summed E-state index contributed by atoms with van der Waals surface area (Å²) in [5, 5.41) is 9.44. The van der Waals surface area contributed by atoms with Crippen LogP contribution in [-0.4, -0.2) is 23.6 Å². The first-order valence-electron chi connectivity index (χ1n) is 5.41. The highest BCUT2D eigenvalue weighted by Gasteiger charge is 2.48. The lowest BCUT2D eigenvalue weighted by Gasteiger charge is -2.21. The number of hydrogen-bond acceptors (Lipinski definition) is 3. The Balaban J connectivity index is 2.92. The van der Waals surface area contributed by atoms with Crippen LogP contribution in [0.15, 0.2) is 24.3 Å². The van der Waals surface area contributed by atoms with Gasteiger partial charge in [0.25, 0.3) is 6.43 Å². The smallest absolute Gasteiger partial charge is 0.380 e. The van der Waals surface area contributed by atoms with Gasteiger partial charge in [-0.15, -0.1) is 0 Å². The Morgan fingerprint density at radius 1 is 1.26 bits per heavy atom. The summed E-state index contributed by atoms with van der Waals surface area (Å²) in [6, 6.07) is 3.65. The second-order valence-electron chi connectivity index (χ2n) is 3.71. The van der Waals surface area contributed by atoms with Crippen LogP contribution in [0.2, 0.25) is 0 Å². The number of esters is 1. The maximum Gasteiger partial charge on any atom is 0.380 e. The molecule has 0 radical (unpaired) electrons. The van der Waals surface area contributed by atoms with Crippen molar-refractivity contribution in [3.8, 4) is 0 Å². The average molecular weight is 280 g/mol. The predicted molar refractivity (Wildman–Crippen MR) is 57.9 cm³/mol. The Morgan fingerprint density at radius 3 is 2.16 bits per heavy atom. The van der Waals surface area contributed by atoms with E-state index in [4.69, 9.17) is 0 Å². The highest BCUT2D eigenvalue weighted by atomic mass is 19.3. The summed E-state index contributed by atoms with van der Waals surface area (Å²) in [7, 11) is 0. The molecule has 0 aliphatic rings. The van der Waals surface area contributed by atoms with E-state index in [-0.39, 0.29) is 17.7 Å². The predicted octanol–water partition coefficient (Wildman–Crippen LogP) is 2.86. The largest absolute Gasteiger partial charge is 0.461 e. The number of alkyl halides is 4. The van der Waals surface area contributed by atoms with Crippen molar-refractivity contribution in [3.63, 3.8) is 0 Å². The Kier molecular flexibility index (Phi) is 4.88. The van der Waals surface area contributed by atoms with E-state index in [1.165, 1.54) is 6.92 Å². The zero-order valence-electron chi connectivity index (χ0n) is 9.95. The zero-order valence-corrected chi connectivity index (χ0v) is 9.95. The van der Waals surface area contributed by atoms with Gasteiger partial charge in [0.15, 0.2) is 6.10 Å². The molecule has 19 heavy (non-hydrogen) atoms. The normalized spacial score (nSPS) is 13.4. The molecule has 1 atom stereocenters. The Hall–Kier alpha value is -1.63. The molecule has 3 nitrogen and oxygen atoms in total. The van der Waals surface area contributed by atoms with E-state index in [2.05, 4.69) is 4.74 Å². The van der Waals surface area contributed by atoms with Gasteiger partial charge in [0.05, 0.1) is 6.61 Å². The van der Waals surface area contributed by atoms with Gasteiger partial charge in [-0.25, -0.2) is 13.6 Å². The van der Waals surface area contributed by atoms with Crippen molar-refractivity contribution < 1.29 is 32.2 Å². The number of ether oxygens (including phenoxy) is 1. The lowest BCUT2D eigenvalue weighted by Crippen LogP contribution is -2.37. The van der Waals surface area contributed by atoms with E-state index in [1.54, 1.807) is 0 Å². The standard InChI is InChI=1S/C12H12F4O3/c1-2-19-11(18)12(15,16)9(17)7-3-5-8(6-4-7)10(13)14/h3-6,9-10,17H,2H2,1H3. The van der Waals surface area contributed by atoms with E-state index in [0.29, 0.717) is 0 Å². The van der Waals surface area contributed by atoms with Gasteiger partial charge < -0.3 is 9.84 Å². The molecule has 0 aromatic heterocycles. The zero-order chi connectivity index (χ0) is 14.6. The van der Waals surface area contributed by atoms with Crippen molar-refractivity contribution in [2.24, 2.45) is 0 Å². The van der Waals surface area contributed by atoms with Gasteiger partial charge in [-0.3, -0.25) is 0 Å². The van der Waals surface area contributed by atoms with Crippen LogP contribution in [0, 0.1) is 0 Å². The first kappa shape index (κ1) is 15.4. The molecule has 7 heteroatoms. The van der Waals surface area contributed by atoms with Crippen molar-refractivity contribution in [3.05, 3.63) is 35.4 Å². The minimum atomic E-state index is -4.14. The van der Waals surface area contributed by atoms with Gasteiger partial charge in [-0.1, -0.05) is 24.3 Å². The minimum Gasteiger partial charge on any atom is -0.461 e. The minimum absolute atomic E-state index is 0.258. The highest BCUT2D eigenvalue weighted by Crippen LogP contribution is 2.33. The Bertz CT molecular complexity index is 431. The molecule has 0 aliphatic heterocycles. The molecule has 1 N–H and O–H groups in total. The SMILES string of the molecule is CCOC(=O)C(F)(F)C(O)c1ccc(C(F)F)cc1. The van der Waals surface area contributed by atoms with E-state index >= 15 is 0 Å². The summed E-state index contributed by atoms with van der Waals surface area (Å²) >= 11 is 0. The lowest BCUT2D eigenvalue weighted by molar-refractivity contribution is -0.189. The number of benzene rings is 1. The first-order chi connectivity index (χ1) is 8.80. The van der Waals surface area contributed by atoms with Crippen LogP contribution in [0.25, 0.3) is 0 Å². The fraction of sp³-hybridized carbons (Fsp3) is 0.417. The lowest BCUT2D eigenvalue weighted by atomic mass is 10.0. The molecule has 0 saturated heterocycles. The number of aliphatic hydroxyl groups is 1. The maximum absolute atomic E-state index is 13.5. The quantitative estimate of drug-likeness (QED) is 0.666. The number of carbonyl (C=O) groups excluding carboxylic acids is 1. The topological polar surface area (TPSA) is 46.5 Å². The summed E-state index contributed by atoms with van der Waals surface area (Å²) in [5.41, 5.74) is -0.710. The molecular formula is C12H12F4O3. The molecule has 0 aliphatic carbocycles. The van der Waals surface area contributed by atoms with Crippen molar-refractivity contribution in [1.29, 1.82) is 0 Å². The Labute approximate surface area is 106 Å². The molecule has 1 rings (SSSR count). The van der Waals surface area contributed by atoms with Gasteiger partial charge in [0.1, 0.15) is 0 Å². The molecule has 0 spiro atoms. The fourth-order valence-corrected chi connectivity index (χ4v) is 1.37. The molecule has 0 fully saturated rings. The molecule has 0 bridgehead atoms.